The second-order valence-corrected chi connectivity index (χ2v) is 7.15. The molecule has 1 aliphatic heterocycles. The van der Waals surface area contributed by atoms with Gasteiger partial charge in [0.1, 0.15) is 17.1 Å². The summed E-state index contributed by atoms with van der Waals surface area (Å²) in [7, 11) is 3.07. The van der Waals surface area contributed by atoms with Crippen molar-refractivity contribution in [1.29, 1.82) is 0 Å². The molecule has 1 aliphatic rings. The molecule has 26 heavy (non-hydrogen) atoms. The van der Waals surface area contributed by atoms with E-state index in [1.165, 1.54) is 20.3 Å². The topological polar surface area (TPSA) is 44.8 Å². The standard InChI is InChI=1S/C20H22Cl2O4/c1-12-9-16(23)26-20(3,11-12)8-6-7-13(2)17-18(21)14(24-4)10-15(25-5)19(17)22/h6-10H,11H2,1-5H3/b8-6+,13-7+. The molecule has 0 saturated heterocycles. The second-order valence-electron chi connectivity index (χ2n) is 6.39. The molecule has 2 rings (SSSR count). The van der Waals surface area contributed by atoms with Crippen molar-refractivity contribution in [3.8, 4) is 11.5 Å². The third kappa shape index (κ3) is 4.43. The van der Waals surface area contributed by atoms with Gasteiger partial charge in [-0.1, -0.05) is 40.9 Å². The van der Waals surface area contributed by atoms with Gasteiger partial charge in [0.25, 0.3) is 0 Å². The first kappa shape index (κ1) is 20.4. The lowest BCUT2D eigenvalue weighted by Crippen LogP contribution is -2.32. The van der Waals surface area contributed by atoms with Crippen molar-refractivity contribution in [3.63, 3.8) is 0 Å². The molecule has 0 saturated carbocycles. The molecule has 1 aromatic carbocycles. The minimum Gasteiger partial charge on any atom is -0.495 e. The first-order valence-electron chi connectivity index (χ1n) is 8.07. The number of rotatable bonds is 5. The molecule has 1 atom stereocenters. The zero-order valence-corrected chi connectivity index (χ0v) is 17.0. The first-order chi connectivity index (χ1) is 12.2. The van der Waals surface area contributed by atoms with E-state index in [-0.39, 0.29) is 5.97 Å². The van der Waals surface area contributed by atoms with E-state index in [9.17, 15) is 4.79 Å². The highest BCUT2D eigenvalue weighted by molar-refractivity contribution is 6.39. The monoisotopic (exact) mass is 396 g/mol. The highest BCUT2D eigenvalue weighted by Crippen LogP contribution is 2.43. The van der Waals surface area contributed by atoms with Gasteiger partial charge in [-0.3, -0.25) is 0 Å². The van der Waals surface area contributed by atoms with Gasteiger partial charge in [0.15, 0.2) is 0 Å². The molecule has 0 fully saturated rings. The number of allylic oxidation sites excluding steroid dienone is 3. The van der Waals surface area contributed by atoms with E-state index in [0.29, 0.717) is 33.5 Å². The molecule has 140 valence electrons. The van der Waals surface area contributed by atoms with Crippen LogP contribution in [-0.4, -0.2) is 25.8 Å². The smallest absolute Gasteiger partial charge is 0.331 e. The third-order valence-electron chi connectivity index (χ3n) is 4.09. The molecule has 1 aromatic rings. The quantitative estimate of drug-likeness (QED) is 0.478. The summed E-state index contributed by atoms with van der Waals surface area (Å²) in [5.41, 5.74) is 1.77. The summed E-state index contributed by atoms with van der Waals surface area (Å²) in [6.07, 6.45) is 7.71. The van der Waals surface area contributed by atoms with Crippen LogP contribution in [-0.2, 0) is 9.53 Å². The molecule has 4 nitrogen and oxygen atoms in total. The van der Waals surface area contributed by atoms with Crippen LogP contribution >= 0.6 is 23.2 Å². The lowest BCUT2D eigenvalue weighted by atomic mass is 9.93. The maximum atomic E-state index is 11.6. The second kappa shape index (κ2) is 8.19. The summed E-state index contributed by atoms with van der Waals surface area (Å²) in [6, 6.07) is 1.65. The fourth-order valence-corrected chi connectivity index (χ4v) is 3.70. The maximum absolute atomic E-state index is 11.6. The number of methoxy groups -OCH3 is 2. The average Bonchev–Trinajstić information content (AvgIpc) is 2.53. The van der Waals surface area contributed by atoms with Crippen molar-refractivity contribution in [2.45, 2.75) is 32.8 Å². The van der Waals surface area contributed by atoms with Crippen LogP contribution in [0.15, 0.2) is 35.9 Å². The number of cyclic esters (lactones) is 1. The molecule has 0 radical (unpaired) electrons. The van der Waals surface area contributed by atoms with Crippen molar-refractivity contribution in [1.82, 2.24) is 0 Å². The van der Waals surface area contributed by atoms with Gasteiger partial charge in [-0.05, 0) is 32.4 Å². The van der Waals surface area contributed by atoms with Crippen molar-refractivity contribution in [2.24, 2.45) is 0 Å². The highest BCUT2D eigenvalue weighted by atomic mass is 35.5. The Morgan fingerprint density at radius 2 is 1.81 bits per heavy atom. The number of hydrogen-bond acceptors (Lipinski definition) is 4. The van der Waals surface area contributed by atoms with Crippen molar-refractivity contribution in [2.75, 3.05) is 14.2 Å². The van der Waals surface area contributed by atoms with Gasteiger partial charge in [0, 0.05) is 24.1 Å². The summed E-state index contributed by atoms with van der Waals surface area (Å²) in [5.74, 6) is 0.632. The molecule has 1 unspecified atom stereocenters. The molecule has 0 amide bonds. The lowest BCUT2D eigenvalue weighted by Gasteiger charge is -2.29. The van der Waals surface area contributed by atoms with Crippen LogP contribution in [0.2, 0.25) is 10.0 Å². The van der Waals surface area contributed by atoms with Gasteiger partial charge >= 0.3 is 5.97 Å². The van der Waals surface area contributed by atoms with Crippen LogP contribution in [0.3, 0.4) is 0 Å². The molecule has 0 bridgehead atoms. The summed E-state index contributed by atoms with van der Waals surface area (Å²) >= 11 is 12.8. The van der Waals surface area contributed by atoms with E-state index < -0.39 is 5.60 Å². The number of ether oxygens (including phenoxy) is 3. The Morgan fingerprint density at radius 3 is 2.31 bits per heavy atom. The average molecular weight is 397 g/mol. The zero-order chi connectivity index (χ0) is 19.5. The van der Waals surface area contributed by atoms with E-state index in [1.807, 2.05) is 39.0 Å². The first-order valence-corrected chi connectivity index (χ1v) is 8.83. The fourth-order valence-electron chi connectivity index (χ4n) is 2.91. The number of halogens is 2. The summed E-state index contributed by atoms with van der Waals surface area (Å²) in [4.78, 5) is 11.6. The van der Waals surface area contributed by atoms with Gasteiger partial charge in [0.2, 0.25) is 0 Å². The van der Waals surface area contributed by atoms with Crippen molar-refractivity contribution in [3.05, 3.63) is 51.6 Å². The van der Waals surface area contributed by atoms with Crippen LogP contribution in [0.25, 0.3) is 5.57 Å². The summed E-state index contributed by atoms with van der Waals surface area (Å²) < 4.78 is 16.0. The van der Waals surface area contributed by atoms with Gasteiger partial charge < -0.3 is 14.2 Å². The highest BCUT2D eigenvalue weighted by Gasteiger charge is 2.29. The van der Waals surface area contributed by atoms with E-state index in [2.05, 4.69) is 0 Å². The number of carbonyl (C=O) groups is 1. The Morgan fingerprint density at radius 1 is 1.23 bits per heavy atom. The van der Waals surface area contributed by atoms with Crippen LogP contribution in [0, 0.1) is 0 Å². The largest absolute Gasteiger partial charge is 0.495 e. The van der Waals surface area contributed by atoms with Gasteiger partial charge in [-0.15, -0.1) is 0 Å². The Balaban J connectivity index is 2.36. The predicted octanol–water partition coefficient (Wildman–Crippen LogP) is 5.62. The lowest BCUT2D eigenvalue weighted by molar-refractivity contribution is -0.149. The normalized spacial score (nSPS) is 20.8. The van der Waals surface area contributed by atoms with Crippen molar-refractivity contribution >= 4 is 34.7 Å². The Labute approximate surface area is 164 Å². The van der Waals surface area contributed by atoms with Gasteiger partial charge in [-0.25, -0.2) is 4.79 Å². The number of carbonyl (C=O) groups excluding carboxylic acids is 1. The number of benzene rings is 1. The zero-order valence-electron chi connectivity index (χ0n) is 15.5. The minimum absolute atomic E-state index is 0.328. The predicted molar refractivity (Wildman–Crippen MR) is 105 cm³/mol. The molecule has 0 spiro atoms. The van der Waals surface area contributed by atoms with Crippen LogP contribution in [0.5, 0.6) is 11.5 Å². The number of esters is 1. The molecular weight excluding hydrogens is 375 g/mol. The molecule has 1 heterocycles. The molecular formula is C20H22Cl2O4. The summed E-state index contributed by atoms with van der Waals surface area (Å²) in [6.45, 7) is 5.67. The van der Waals surface area contributed by atoms with Crippen LogP contribution in [0.4, 0.5) is 0 Å². The minimum atomic E-state index is -0.674. The van der Waals surface area contributed by atoms with E-state index in [1.54, 1.807) is 6.07 Å². The summed E-state index contributed by atoms with van der Waals surface area (Å²) in [5, 5.41) is 0.823. The van der Waals surface area contributed by atoms with Crippen molar-refractivity contribution < 1.29 is 19.0 Å². The Bertz CT molecular complexity index is 780. The third-order valence-corrected chi connectivity index (χ3v) is 4.84. The van der Waals surface area contributed by atoms with Crippen LogP contribution in [0.1, 0.15) is 32.8 Å². The molecule has 0 aliphatic carbocycles. The molecule has 6 heteroatoms. The van der Waals surface area contributed by atoms with Gasteiger partial charge in [-0.2, -0.15) is 0 Å². The maximum Gasteiger partial charge on any atom is 0.331 e. The van der Waals surface area contributed by atoms with E-state index >= 15 is 0 Å². The SMILES string of the molecule is COc1cc(OC)c(Cl)c(/C(C)=C/C=C/C2(C)CC(C)=CC(=O)O2)c1Cl. The number of hydrogen-bond donors (Lipinski definition) is 0. The van der Waals surface area contributed by atoms with E-state index in [0.717, 1.165) is 11.1 Å². The molecule has 0 aromatic heterocycles. The van der Waals surface area contributed by atoms with Gasteiger partial charge in [0.05, 0.1) is 24.3 Å². The van der Waals surface area contributed by atoms with Crippen LogP contribution < -0.4 is 9.47 Å². The molecule has 0 N–H and O–H groups in total. The Hall–Kier alpha value is -1.91. The Kier molecular flexibility index (Phi) is 6.43. The van der Waals surface area contributed by atoms with E-state index in [4.69, 9.17) is 37.4 Å². The fraction of sp³-hybridized carbons (Fsp3) is 0.350.